The monoisotopic (exact) mass is 261 g/mol. The highest BCUT2D eigenvalue weighted by Gasteiger charge is 2.08. The summed E-state index contributed by atoms with van der Waals surface area (Å²) in [7, 11) is 0. The fraction of sp³-hybridized carbons (Fsp3) is 0.0769. The van der Waals surface area contributed by atoms with Crippen LogP contribution in [0.25, 0.3) is 0 Å². The molecule has 3 nitrogen and oxygen atoms in total. The van der Waals surface area contributed by atoms with Crippen LogP contribution in [-0.2, 0) is 0 Å². The highest BCUT2D eigenvalue weighted by molar-refractivity contribution is 6.34. The van der Waals surface area contributed by atoms with E-state index in [-0.39, 0.29) is 10.8 Å². The van der Waals surface area contributed by atoms with Crippen LogP contribution >= 0.6 is 11.6 Å². The minimum Gasteiger partial charge on any atom is -0.339 e. The summed E-state index contributed by atoms with van der Waals surface area (Å²) in [6.07, 6.45) is 1.47. The van der Waals surface area contributed by atoms with Crippen molar-refractivity contribution in [1.29, 1.82) is 5.26 Å². The molecule has 0 unspecified atom stereocenters. The van der Waals surface area contributed by atoms with Crippen LogP contribution < -0.4 is 5.32 Å². The first-order valence-corrected chi connectivity index (χ1v) is 5.57. The van der Waals surface area contributed by atoms with Crippen molar-refractivity contribution in [2.75, 3.05) is 5.32 Å². The first-order chi connectivity index (χ1) is 8.61. The summed E-state index contributed by atoms with van der Waals surface area (Å²) in [5, 5.41) is 11.9. The van der Waals surface area contributed by atoms with Crippen molar-refractivity contribution in [1.82, 2.24) is 4.98 Å². The average molecular weight is 262 g/mol. The standard InChI is InChI=1S/C13H9ClFN3/c1-8-2-3-10(6-11(8)15)18-13-12(14)9(7-16)4-5-17-13/h2-6H,1H3,(H,17,18). The zero-order valence-electron chi connectivity index (χ0n) is 9.54. The molecule has 0 radical (unpaired) electrons. The van der Waals surface area contributed by atoms with Crippen LogP contribution in [-0.4, -0.2) is 4.98 Å². The van der Waals surface area contributed by atoms with Crippen molar-refractivity contribution in [2.45, 2.75) is 6.92 Å². The van der Waals surface area contributed by atoms with Crippen LogP contribution in [0.15, 0.2) is 30.5 Å². The molecule has 0 aliphatic rings. The van der Waals surface area contributed by atoms with Crippen LogP contribution in [0, 0.1) is 24.1 Å². The van der Waals surface area contributed by atoms with E-state index in [0.717, 1.165) is 0 Å². The van der Waals surface area contributed by atoms with E-state index in [9.17, 15) is 4.39 Å². The smallest absolute Gasteiger partial charge is 0.150 e. The molecule has 1 N–H and O–H groups in total. The number of halogens is 2. The van der Waals surface area contributed by atoms with E-state index >= 15 is 0 Å². The molecule has 1 heterocycles. The number of hydrogen-bond acceptors (Lipinski definition) is 3. The number of hydrogen-bond donors (Lipinski definition) is 1. The minimum atomic E-state index is -0.312. The number of nitrogens with zero attached hydrogens (tertiary/aromatic N) is 2. The molecule has 18 heavy (non-hydrogen) atoms. The van der Waals surface area contributed by atoms with Crippen LogP contribution in [0.1, 0.15) is 11.1 Å². The molecule has 90 valence electrons. The molecule has 0 aliphatic heterocycles. The Morgan fingerprint density at radius 1 is 1.39 bits per heavy atom. The second-order valence-corrected chi connectivity index (χ2v) is 4.10. The fourth-order valence-corrected chi connectivity index (χ4v) is 1.63. The molecule has 0 saturated carbocycles. The maximum Gasteiger partial charge on any atom is 0.150 e. The van der Waals surface area contributed by atoms with Gasteiger partial charge < -0.3 is 5.32 Å². The molecule has 5 heteroatoms. The molecule has 1 aromatic carbocycles. The zero-order valence-corrected chi connectivity index (χ0v) is 10.3. The van der Waals surface area contributed by atoms with Crippen LogP contribution in [0.5, 0.6) is 0 Å². The van der Waals surface area contributed by atoms with Crippen molar-refractivity contribution in [3.05, 3.63) is 52.4 Å². The van der Waals surface area contributed by atoms with Gasteiger partial charge in [0.15, 0.2) is 5.82 Å². The second kappa shape index (κ2) is 5.03. The molecule has 2 rings (SSSR count). The van der Waals surface area contributed by atoms with E-state index < -0.39 is 0 Å². The molecule has 0 atom stereocenters. The molecule has 0 bridgehead atoms. The van der Waals surface area contributed by atoms with Gasteiger partial charge in [0.2, 0.25) is 0 Å². The number of benzene rings is 1. The van der Waals surface area contributed by atoms with Gasteiger partial charge in [-0.05, 0) is 30.7 Å². The number of nitrogens with one attached hydrogen (secondary N) is 1. The van der Waals surface area contributed by atoms with E-state index in [1.54, 1.807) is 19.1 Å². The Labute approximate surface area is 109 Å². The Morgan fingerprint density at radius 2 is 2.17 bits per heavy atom. The Morgan fingerprint density at radius 3 is 2.83 bits per heavy atom. The Bertz CT molecular complexity index is 635. The predicted octanol–water partition coefficient (Wildman–Crippen LogP) is 3.80. The van der Waals surface area contributed by atoms with Gasteiger partial charge in [-0.2, -0.15) is 5.26 Å². The van der Waals surface area contributed by atoms with E-state index in [1.807, 2.05) is 6.07 Å². The number of nitriles is 1. The van der Waals surface area contributed by atoms with Crippen molar-refractivity contribution < 1.29 is 4.39 Å². The van der Waals surface area contributed by atoms with Gasteiger partial charge in [-0.3, -0.25) is 0 Å². The molecule has 0 spiro atoms. The van der Waals surface area contributed by atoms with E-state index in [2.05, 4.69) is 10.3 Å². The van der Waals surface area contributed by atoms with Crippen molar-refractivity contribution in [2.24, 2.45) is 0 Å². The maximum atomic E-state index is 13.4. The average Bonchev–Trinajstić information content (AvgIpc) is 2.36. The van der Waals surface area contributed by atoms with Crippen LogP contribution in [0.3, 0.4) is 0 Å². The van der Waals surface area contributed by atoms with Gasteiger partial charge >= 0.3 is 0 Å². The first-order valence-electron chi connectivity index (χ1n) is 5.19. The van der Waals surface area contributed by atoms with E-state index in [1.165, 1.54) is 18.3 Å². The summed E-state index contributed by atoms with van der Waals surface area (Å²) < 4.78 is 13.4. The minimum absolute atomic E-state index is 0.223. The number of rotatable bonds is 2. The zero-order chi connectivity index (χ0) is 13.1. The summed E-state index contributed by atoms with van der Waals surface area (Å²) in [6.45, 7) is 1.68. The third kappa shape index (κ3) is 2.41. The number of pyridine rings is 1. The van der Waals surface area contributed by atoms with Crippen LogP contribution in [0.4, 0.5) is 15.9 Å². The van der Waals surface area contributed by atoms with Gasteiger partial charge in [0.05, 0.1) is 5.56 Å². The molecule has 0 aliphatic carbocycles. The van der Waals surface area contributed by atoms with Gasteiger partial charge in [-0.25, -0.2) is 9.37 Å². The molecular formula is C13H9ClFN3. The Hall–Kier alpha value is -2.12. The predicted molar refractivity (Wildman–Crippen MR) is 68.4 cm³/mol. The molecule has 0 amide bonds. The summed E-state index contributed by atoms with van der Waals surface area (Å²) >= 11 is 5.99. The number of aromatic nitrogens is 1. The fourth-order valence-electron chi connectivity index (χ4n) is 1.42. The highest BCUT2D eigenvalue weighted by atomic mass is 35.5. The van der Waals surface area contributed by atoms with Gasteiger partial charge in [0, 0.05) is 11.9 Å². The SMILES string of the molecule is Cc1ccc(Nc2nccc(C#N)c2Cl)cc1F. The van der Waals surface area contributed by atoms with Crippen molar-refractivity contribution >= 4 is 23.1 Å². The molecule has 0 fully saturated rings. The van der Waals surface area contributed by atoms with Crippen molar-refractivity contribution in [3.63, 3.8) is 0 Å². The first kappa shape index (κ1) is 12.3. The van der Waals surface area contributed by atoms with Gasteiger partial charge in [-0.1, -0.05) is 17.7 Å². The maximum absolute atomic E-state index is 13.4. The summed E-state index contributed by atoms with van der Waals surface area (Å²) in [4.78, 5) is 4.02. The van der Waals surface area contributed by atoms with Gasteiger partial charge in [0.1, 0.15) is 16.9 Å². The lowest BCUT2D eigenvalue weighted by molar-refractivity contribution is 0.619. The second-order valence-electron chi connectivity index (χ2n) is 3.72. The summed E-state index contributed by atoms with van der Waals surface area (Å²) in [5.74, 6) is 0.0199. The number of anilines is 2. The topological polar surface area (TPSA) is 48.7 Å². The quantitative estimate of drug-likeness (QED) is 0.895. The Balaban J connectivity index is 2.35. The molecule has 0 saturated heterocycles. The lowest BCUT2D eigenvalue weighted by Gasteiger charge is -2.08. The highest BCUT2D eigenvalue weighted by Crippen LogP contribution is 2.26. The third-order valence-corrected chi connectivity index (χ3v) is 2.83. The van der Waals surface area contributed by atoms with E-state index in [4.69, 9.17) is 16.9 Å². The van der Waals surface area contributed by atoms with Gasteiger partial charge in [-0.15, -0.1) is 0 Å². The third-order valence-electron chi connectivity index (χ3n) is 2.44. The Kier molecular flexibility index (Phi) is 3.45. The summed E-state index contributed by atoms with van der Waals surface area (Å²) in [6, 6.07) is 8.20. The lowest BCUT2D eigenvalue weighted by Crippen LogP contribution is -1.97. The number of aryl methyl sites for hydroxylation is 1. The summed E-state index contributed by atoms with van der Waals surface area (Å²) in [5.41, 5.74) is 1.41. The van der Waals surface area contributed by atoms with E-state index in [0.29, 0.717) is 22.6 Å². The largest absolute Gasteiger partial charge is 0.339 e. The van der Waals surface area contributed by atoms with Gasteiger partial charge in [0.25, 0.3) is 0 Å². The normalized spacial score (nSPS) is 9.89. The van der Waals surface area contributed by atoms with Crippen molar-refractivity contribution in [3.8, 4) is 6.07 Å². The molecular weight excluding hydrogens is 253 g/mol. The van der Waals surface area contributed by atoms with Crippen LogP contribution in [0.2, 0.25) is 5.02 Å². The molecule has 1 aromatic heterocycles. The molecule has 2 aromatic rings. The lowest BCUT2D eigenvalue weighted by atomic mass is 10.2.